The Kier molecular flexibility index (Phi) is 9.26. The smallest absolute Gasteiger partial charge is 0.306 e. The lowest BCUT2D eigenvalue weighted by Crippen LogP contribution is -2.53. The lowest BCUT2D eigenvalue weighted by Gasteiger charge is -2.45. The number of aryl methyl sites for hydroxylation is 1. The van der Waals surface area contributed by atoms with Crippen LogP contribution in [0.1, 0.15) is 56.4 Å². The van der Waals surface area contributed by atoms with Gasteiger partial charge in [-0.3, -0.25) is 4.79 Å². The molecule has 3 heterocycles. The number of nitrogens with one attached hydrogen (secondary N) is 1. The molecule has 1 aromatic heterocycles. The number of aliphatic carboxylic acids is 1. The summed E-state index contributed by atoms with van der Waals surface area (Å²) >= 11 is 18.9. The van der Waals surface area contributed by atoms with Crippen LogP contribution in [0, 0.1) is 24.7 Å². The molecule has 1 unspecified atom stereocenters. The van der Waals surface area contributed by atoms with Crippen LogP contribution in [0.5, 0.6) is 5.75 Å². The molecule has 2 atom stereocenters. The number of rotatable bonds is 6. The van der Waals surface area contributed by atoms with E-state index in [1.54, 1.807) is 6.07 Å². The first-order valence-corrected chi connectivity index (χ1v) is 13.8. The van der Waals surface area contributed by atoms with Crippen LogP contribution >= 0.6 is 34.8 Å². The number of piperidine rings is 1. The molecule has 1 aliphatic carbocycles. The highest BCUT2D eigenvalue weighted by Crippen LogP contribution is 2.38. The molecular formula is C27H34Cl3N3O3. The van der Waals surface area contributed by atoms with Crippen LogP contribution < -0.4 is 15.0 Å². The Balaban J connectivity index is 0.000000375. The average molecular weight is 555 g/mol. The van der Waals surface area contributed by atoms with E-state index in [1.165, 1.54) is 12.8 Å². The number of carbonyl (C=O) groups is 1. The topological polar surface area (TPSA) is 74.7 Å². The van der Waals surface area contributed by atoms with E-state index >= 15 is 0 Å². The van der Waals surface area contributed by atoms with Crippen molar-refractivity contribution in [1.82, 2.24) is 10.3 Å². The number of hydrogen-bond acceptors (Lipinski definition) is 5. The lowest BCUT2D eigenvalue weighted by molar-refractivity contribution is -0.144. The summed E-state index contributed by atoms with van der Waals surface area (Å²) in [7, 11) is 0. The molecule has 0 amide bonds. The third kappa shape index (κ3) is 6.58. The molecule has 1 saturated carbocycles. The van der Waals surface area contributed by atoms with Gasteiger partial charge in [-0.25, -0.2) is 4.98 Å². The summed E-state index contributed by atoms with van der Waals surface area (Å²) in [4.78, 5) is 17.0. The van der Waals surface area contributed by atoms with E-state index < -0.39 is 5.97 Å². The molecule has 0 radical (unpaired) electrons. The monoisotopic (exact) mass is 553 g/mol. The van der Waals surface area contributed by atoms with E-state index in [9.17, 15) is 4.79 Å². The van der Waals surface area contributed by atoms with Crippen LogP contribution in [0.25, 0.3) is 0 Å². The molecule has 3 aliphatic rings. The van der Waals surface area contributed by atoms with Gasteiger partial charge in [0, 0.05) is 34.8 Å². The summed E-state index contributed by atoms with van der Waals surface area (Å²) < 4.78 is 6.20. The Morgan fingerprint density at radius 3 is 2.44 bits per heavy atom. The Morgan fingerprint density at radius 2 is 1.89 bits per heavy atom. The average Bonchev–Trinajstić information content (AvgIpc) is 2.75. The minimum Gasteiger partial charge on any atom is -0.484 e. The summed E-state index contributed by atoms with van der Waals surface area (Å²) in [5.74, 6) is 2.45. The lowest BCUT2D eigenvalue weighted by atomic mass is 9.81. The van der Waals surface area contributed by atoms with Gasteiger partial charge in [0.2, 0.25) is 0 Å². The maximum Gasteiger partial charge on any atom is 0.306 e. The van der Waals surface area contributed by atoms with Crippen molar-refractivity contribution in [1.29, 1.82) is 0 Å². The van der Waals surface area contributed by atoms with Gasteiger partial charge in [0.25, 0.3) is 0 Å². The number of pyridine rings is 1. The van der Waals surface area contributed by atoms with Gasteiger partial charge in [0.15, 0.2) is 0 Å². The number of nitrogens with zero attached hydrogens (tertiary/aromatic N) is 2. The van der Waals surface area contributed by atoms with Crippen molar-refractivity contribution in [3.05, 3.63) is 50.6 Å². The van der Waals surface area contributed by atoms with Gasteiger partial charge in [0.05, 0.1) is 11.6 Å². The normalized spacial score (nSPS) is 21.0. The van der Waals surface area contributed by atoms with Gasteiger partial charge in [-0.1, -0.05) is 47.3 Å². The van der Waals surface area contributed by atoms with Gasteiger partial charge in [-0.05, 0) is 76.6 Å². The third-order valence-electron chi connectivity index (χ3n) is 7.47. The number of hydrogen-bond donors (Lipinski definition) is 2. The molecule has 6 nitrogen and oxygen atoms in total. The zero-order valence-electron chi connectivity index (χ0n) is 20.8. The molecule has 196 valence electrons. The fraction of sp³-hybridized carbons (Fsp3) is 0.556. The SMILES string of the molecule is Cc1nc(N2CC([C@H]3CCCNC3)C2)cc(OC(C)c2ccc(Cl)cc2Cl)c1Cl.O=C(O)C1CCC1. The van der Waals surface area contributed by atoms with Crippen molar-refractivity contribution < 1.29 is 14.6 Å². The maximum absolute atomic E-state index is 9.98. The largest absolute Gasteiger partial charge is 0.484 e. The standard InChI is InChI=1S/C22H26Cl3N3O.C5H8O2/c1-13-22(25)20(29-14(2)18-6-5-17(23)8-19(18)24)9-21(27-13)28-11-16(12-28)15-4-3-7-26-10-15;6-5(7)4-2-1-3-4/h5-6,8-9,14-16,26H,3-4,7,10-12H2,1-2H3;4H,1-3H2,(H,6,7)/t14?,15-;/m0./s1. The highest BCUT2D eigenvalue weighted by molar-refractivity contribution is 6.35. The van der Waals surface area contributed by atoms with Crippen LogP contribution in [-0.2, 0) is 4.79 Å². The second-order valence-electron chi connectivity index (χ2n) is 10.0. The Morgan fingerprint density at radius 1 is 1.14 bits per heavy atom. The number of anilines is 1. The number of carboxylic acid groups (broad SMARTS) is 1. The molecule has 0 spiro atoms. The third-order valence-corrected chi connectivity index (χ3v) is 8.49. The van der Waals surface area contributed by atoms with E-state index in [0.717, 1.165) is 74.4 Å². The van der Waals surface area contributed by atoms with Crippen molar-refractivity contribution in [3.63, 3.8) is 0 Å². The summed E-state index contributed by atoms with van der Waals surface area (Å²) in [5, 5.41) is 13.5. The van der Waals surface area contributed by atoms with Crippen LogP contribution in [0.15, 0.2) is 24.3 Å². The molecule has 2 N–H and O–H groups in total. The van der Waals surface area contributed by atoms with E-state index in [0.29, 0.717) is 20.8 Å². The molecule has 2 saturated heterocycles. The molecule has 0 bridgehead atoms. The van der Waals surface area contributed by atoms with E-state index in [1.807, 2.05) is 32.0 Å². The van der Waals surface area contributed by atoms with Gasteiger partial charge >= 0.3 is 5.97 Å². The first-order chi connectivity index (χ1) is 17.2. The first-order valence-electron chi connectivity index (χ1n) is 12.7. The predicted molar refractivity (Wildman–Crippen MR) is 146 cm³/mol. The molecular weight excluding hydrogens is 521 g/mol. The second kappa shape index (κ2) is 12.2. The Hall–Kier alpha value is -1.73. The predicted octanol–water partition coefficient (Wildman–Crippen LogP) is 6.80. The minimum atomic E-state index is -0.619. The quantitative estimate of drug-likeness (QED) is 0.409. The molecule has 5 rings (SSSR count). The minimum absolute atomic E-state index is 0.000000000000000444. The van der Waals surface area contributed by atoms with Crippen LogP contribution in [-0.4, -0.2) is 42.2 Å². The Bertz CT molecular complexity index is 1070. The molecule has 2 aromatic rings. The second-order valence-corrected chi connectivity index (χ2v) is 11.3. The summed E-state index contributed by atoms with van der Waals surface area (Å²) in [6, 6.07) is 7.37. The highest BCUT2D eigenvalue weighted by atomic mass is 35.5. The zero-order chi connectivity index (χ0) is 25.8. The molecule has 2 aliphatic heterocycles. The number of aromatic nitrogens is 1. The van der Waals surface area contributed by atoms with Crippen molar-refractivity contribution in [2.45, 2.75) is 52.1 Å². The molecule has 36 heavy (non-hydrogen) atoms. The summed E-state index contributed by atoms with van der Waals surface area (Å²) in [6.45, 7) is 8.25. The number of ether oxygens (including phenoxy) is 1. The number of benzene rings is 1. The zero-order valence-corrected chi connectivity index (χ0v) is 23.0. The molecule has 1 aromatic carbocycles. The van der Waals surface area contributed by atoms with Crippen LogP contribution in [0.4, 0.5) is 5.82 Å². The number of halogens is 3. The maximum atomic E-state index is 9.98. The molecule has 3 fully saturated rings. The fourth-order valence-electron chi connectivity index (χ4n) is 4.88. The van der Waals surface area contributed by atoms with Crippen molar-refractivity contribution in [2.24, 2.45) is 17.8 Å². The van der Waals surface area contributed by atoms with Crippen molar-refractivity contribution >= 4 is 46.6 Å². The van der Waals surface area contributed by atoms with Crippen LogP contribution in [0.2, 0.25) is 15.1 Å². The van der Waals surface area contributed by atoms with Gasteiger partial charge < -0.3 is 20.1 Å². The summed E-state index contributed by atoms with van der Waals surface area (Å²) in [6.07, 6.45) is 5.25. The number of carboxylic acids is 1. The van der Waals surface area contributed by atoms with E-state index in [4.69, 9.17) is 49.6 Å². The Labute approximate surface area is 228 Å². The van der Waals surface area contributed by atoms with Crippen molar-refractivity contribution in [3.8, 4) is 5.75 Å². The fourth-order valence-corrected chi connectivity index (χ4v) is 5.58. The van der Waals surface area contributed by atoms with Gasteiger partial charge in [-0.15, -0.1) is 0 Å². The van der Waals surface area contributed by atoms with Gasteiger partial charge in [0.1, 0.15) is 22.7 Å². The van der Waals surface area contributed by atoms with Crippen LogP contribution in [0.3, 0.4) is 0 Å². The summed E-state index contributed by atoms with van der Waals surface area (Å²) in [5.41, 5.74) is 1.65. The van der Waals surface area contributed by atoms with E-state index in [-0.39, 0.29) is 12.0 Å². The van der Waals surface area contributed by atoms with Gasteiger partial charge in [-0.2, -0.15) is 0 Å². The molecule has 9 heteroatoms. The first kappa shape index (κ1) is 27.3. The van der Waals surface area contributed by atoms with E-state index in [2.05, 4.69) is 10.2 Å². The van der Waals surface area contributed by atoms with Crippen molar-refractivity contribution in [2.75, 3.05) is 31.1 Å². The highest BCUT2D eigenvalue weighted by Gasteiger charge is 2.35.